The number of carbonyl (C=O) groups excluding carboxylic acids is 1. The fourth-order valence-corrected chi connectivity index (χ4v) is 4.54. The van der Waals surface area contributed by atoms with Crippen LogP contribution in [-0.2, 0) is 11.3 Å². The van der Waals surface area contributed by atoms with E-state index in [1.54, 1.807) is 6.21 Å². The monoisotopic (exact) mass is 436 g/mol. The smallest absolute Gasteiger partial charge is 0.254 e. The van der Waals surface area contributed by atoms with E-state index in [2.05, 4.69) is 74.9 Å². The van der Waals surface area contributed by atoms with Gasteiger partial charge in [0.2, 0.25) is 0 Å². The molecule has 1 N–H and O–H groups in total. The zero-order valence-corrected chi connectivity index (χ0v) is 18.7. The van der Waals surface area contributed by atoms with Gasteiger partial charge in [-0.15, -0.1) is 0 Å². The third kappa shape index (κ3) is 5.11. The molecule has 5 nitrogen and oxygen atoms in total. The molecular weight excluding hydrogens is 408 g/mol. The molecule has 0 radical (unpaired) electrons. The van der Waals surface area contributed by atoms with E-state index in [1.165, 1.54) is 5.56 Å². The number of fused-ring (bicyclic) bond motifs is 2. The molecule has 1 aliphatic heterocycles. The van der Waals surface area contributed by atoms with Gasteiger partial charge >= 0.3 is 0 Å². The lowest BCUT2D eigenvalue weighted by Crippen LogP contribution is -2.48. The van der Waals surface area contributed by atoms with E-state index in [1.807, 2.05) is 30.3 Å². The van der Waals surface area contributed by atoms with Crippen LogP contribution in [0, 0.1) is 0 Å². The topological polar surface area (TPSA) is 47.9 Å². The number of hydrogen-bond donors (Lipinski definition) is 1. The molecule has 1 amide bonds. The van der Waals surface area contributed by atoms with Crippen molar-refractivity contribution in [1.82, 2.24) is 15.2 Å². The summed E-state index contributed by atoms with van der Waals surface area (Å²) in [6.07, 6.45) is 1.78. The Hall–Kier alpha value is -3.54. The summed E-state index contributed by atoms with van der Waals surface area (Å²) in [6.45, 7) is 5.04. The van der Waals surface area contributed by atoms with Gasteiger partial charge in [-0.2, -0.15) is 5.10 Å². The largest absolute Gasteiger partial charge is 0.297 e. The average molecular weight is 437 g/mol. The van der Waals surface area contributed by atoms with Gasteiger partial charge in [0.05, 0.1) is 12.8 Å². The van der Waals surface area contributed by atoms with Crippen molar-refractivity contribution < 1.29 is 4.79 Å². The van der Waals surface area contributed by atoms with Crippen LogP contribution < -0.4 is 5.43 Å². The van der Waals surface area contributed by atoms with E-state index < -0.39 is 0 Å². The van der Waals surface area contributed by atoms with Gasteiger partial charge in [0.1, 0.15) is 0 Å². The van der Waals surface area contributed by atoms with Crippen LogP contribution in [0.3, 0.4) is 0 Å². The second-order valence-electron chi connectivity index (χ2n) is 8.56. The number of hydrogen-bond acceptors (Lipinski definition) is 4. The van der Waals surface area contributed by atoms with Crippen LogP contribution in [0.5, 0.6) is 0 Å². The molecule has 33 heavy (non-hydrogen) atoms. The molecule has 0 unspecified atom stereocenters. The summed E-state index contributed by atoms with van der Waals surface area (Å²) in [5, 5.41) is 8.90. The second-order valence-corrected chi connectivity index (χ2v) is 8.56. The van der Waals surface area contributed by atoms with Crippen molar-refractivity contribution in [1.29, 1.82) is 0 Å². The second kappa shape index (κ2) is 9.94. The normalized spacial score (nSPS) is 15.4. The Morgan fingerprint density at radius 3 is 2.03 bits per heavy atom. The first-order valence-corrected chi connectivity index (χ1v) is 11.5. The summed E-state index contributed by atoms with van der Waals surface area (Å²) in [5.41, 5.74) is 5.09. The average Bonchev–Trinajstić information content (AvgIpc) is 2.85. The van der Waals surface area contributed by atoms with Crippen molar-refractivity contribution in [3.05, 3.63) is 96.1 Å². The van der Waals surface area contributed by atoms with E-state index in [-0.39, 0.29) is 5.91 Å². The standard InChI is InChI=1S/C28H28N4O/c33-28(21-32-16-14-31(15-17-32)20-22-8-2-1-3-9-22)30-29-19-27-25-12-6-4-10-23(25)18-24-11-5-7-13-26(24)27/h1-13,18-19H,14-17,20-21H2,(H,30,33). The van der Waals surface area contributed by atoms with Crippen molar-refractivity contribution >= 4 is 33.7 Å². The Balaban J connectivity index is 1.19. The number of nitrogens with zero attached hydrogens (tertiary/aromatic N) is 3. The zero-order chi connectivity index (χ0) is 22.5. The van der Waals surface area contributed by atoms with Gasteiger partial charge < -0.3 is 0 Å². The van der Waals surface area contributed by atoms with Crippen LogP contribution in [0.2, 0.25) is 0 Å². The van der Waals surface area contributed by atoms with E-state index in [4.69, 9.17) is 0 Å². The van der Waals surface area contributed by atoms with Crippen LogP contribution in [0.25, 0.3) is 21.5 Å². The number of rotatable bonds is 6. The van der Waals surface area contributed by atoms with Crippen LogP contribution >= 0.6 is 0 Å². The lowest BCUT2D eigenvalue weighted by atomic mass is 9.97. The summed E-state index contributed by atoms with van der Waals surface area (Å²) >= 11 is 0. The zero-order valence-electron chi connectivity index (χ0n) is 18.7. The third-order valence-corrected chi connectivity index (χ3v) is 6.28. The lowest BCUT2D eigenvalue weighted by Gasteiger charge is -2.34. The molecule has 5 heteroatoms. The van der Waals surface area contributed by atoms with Gasteiger partial charge in [0, 0.05) is 38.3 Å². The molecular formula is C28H28N4O. The highest BCUT2D eigenvalue weighted by molar-refractivity contribution is 6.13. The number of amides is 1. The molecule has 0 aromatic heterocycles. The van der Waals surface area contributed by atoms with E-state index in [0.717, 1.165) is 59.8 Å². The molecule has 0 spiro atoms. The Bertz CT molecular complexity index is 1220. The molecule has 4 aromatic carbocycles. The fourth-order valence-electron chi connectivity index (χ4n) is 4.54. The summed E-state index contributed by atoms with van der Waals surface area (Å²) in [4.78, 5) is 17.2. The van der Waals surface area contributed by atoms with Gasteiger partial charge in [-0.1, -0.05) is 78.9 Å². The Labute approximate surface area is 194 Å². The minimum atomic E-state index is -0.0766. The highest BCUT2D eigenvalue weighted by atomic mass is 16.2. The van der Waals surface area contributed by atoms with Crippen molar-refractivity contribution in [2.45, 2.75) is 6.54 Å². The number of piperazine rings is 1. The molecule has 1 aliphatic rings. The number of benzene rings is 4. The maximum absolute atomic E-state index is 12.5. The predicted molar refractivity (Wildman–Crippen MR) is 135 cm³/mol. The quantitative estimate of drug-likeness (QED) is 0.279. The summed E-state index contributed by atoms with van der Waals surface area (Å²) in [6, 6.07) is 29.3. The Morgan fingerprint density at radius 2 is 1.36 bits per heavy atom. The first-order chi connectivity index (χ1) is 16.3. The van der Waals surface area contributed by atoms with Gasteiger partial charge in [-0.3, -0.25) is 14.6 Å². The van der Waals surface area contributed by atoms with Crippen molar-refractivity contribution in [2.24, 2.45) is 5.10 Å². The van der Waals surface area contributed by atoms with Crippen LogP contribution in [0.1, 0.15) is 11.1 Å². The first kappa shape index (κ1) is 21.3. The Morgan fingerprint density at radius 1 is 0.788 bits per heavy atom. The molecule has 166 valence electrons. The summed E-state index contributed by atoms with van der Waals surface area (Å²) in [7, 11) is 0. The van der Waals surface area contributed by atoms with Crippen molar-refractivity contribution in [3.63, 3.8) is 0 Å². The minimum absolute atomic E-state index is 0.0766. The molecule has 0 saturated carbocycles. The molecule has 1 heterocycles. The first-order valence-electron chi connectivity index (χ1n) is 11.5. The van der Waals surface area contributed by atoms with Crippen LogP contribution in [0.4, 0.5) is 0 Å². The van der Waals surface area contributed by atoms with Crippen molar-refractivity contribution in [3.8, 4) is 0 Å². The van der Waals surface area contributed by atoms with Gasteiger partial charge in [0.25, 0.3) is 5.91 Å². The summed E-state index contributed by atoms with van der Waals surface area (Å²) in [5.74, 6) is -0.0766. The maximum atomic E-state index is 12.5. The molecule has 4 aromatic rings. The van der Waals surface area contributed by atoms with Gasteiger partial charge in [0.15, 0.2) is 0 Å². The molecule has 1 saturated heterocycles. The molecule has 1 fully saturated rings. The summed E-state index contributed by atoms with van der Waals surface area (Å²) < 4.78 is 0. The fraction of sp³-hybridized carbons (Fsp3) is 0.214. The van der Waals surface area contributed by atoms with Crippen LogP contribution in [0.15, 0.2) is 90.0 Å². The molecule has 5 rings (SSSR count). The maximum Gasteiger partial charge on any atom is 0.254 e. The molecule has 0 bridgehead atoms. The van der Waals surface area contributed by atoms with E-state index >= 15 is 0 Å². The van der Waals surface area contributed by atoms with Gasteiger partial charge in [-0.25, -0.2) is 5.43 Å². The van der Waals surface area contributed by atoms with E-state index in [9.17, 15) is 4.79 Å². The van der Waals surface area contributed by atoms with E-state index in [0.29, 0.717) is 6.54 Å². The Kier molecular flexibility index (Phi) is 6.42. The SMILES string of the molecule is O=C(CN1CCN(Cc2ccccc2)CC1)NN=Cc1c2ccccc2cc2ccccc12. The highest BCUT2D eigenvalue weighted by Crippen LogP contribution is 2.27. The third-order valence-electron chi connectivity index (χ3n) is 6.28. The predicted octanol–water partition coefficient (Wildman–Crippen LogP) is 4.26. The molecule has 0 aliphatic carbocycles. The van der Waals surface area contributed by atoms with Gasteiger partial charge in [-0.05, 0) is 33.2 Å². The number of hydrazone groups is 1. The minimum Gasteiger partial charge on any atom is -0.297 e. The number of carbonyl (C=O) groups is 1. The van der Waals surface area contributed by atoms with Crippen molar-refractivity contribution in [2.75, 3.05) is 32.7 Å². The molecule has 0 atom stereocenters. The highest BCUT2D eigenvalue weighted by Gasteiger charge is 2.18. The lowest BCUT2D eigenvalue weighted by molar-refractivity contribution is -0.122. The number of nitrogens with one attached hydrogen (secondary N) is 1. The van der Waals surface area contributed by atoms with Crippen LogP contribution in [-0.4, -0.2) is 54.6 Å².